The Morgan fingerprint density at radius 2 is 1.81 bits per heavy atom. The Balaban J connectivity index is 1.66. The summed E-state index contributed by atoms with van der Waals surface area (Å²) in [6, 6.07) is 14.1. The predicted molar refractivity (Wildman–Crippen MR) is 91.7 cm³/mol. The molecule has 1 aliphatic rings. The summed E-state index contributed by atoms with van der Waals surface area (Å²) in [5.74, 6) is 0.818. The van der Waals surface area contributed by atoms with Crippen molar-refractivity contribution in [3.8, 4) is 0 Å². The molecule has 0 saturated heterocycles. The number of hydrogen-bond donors (Lipinski definition) is 1. The topological polar surface area (TPSA) is 12.0 Å². The van der Waals surface area contributed by atoms with E-state index in [9.17, 15) is 0 Å². The van der Waals surface area contributed by atoms with Crippen LogP contribution in [0.5, 0.6) is 0 Å². The van der Waals surface area contributed by atoms with Gasteiger partial charge in [0, 0.05) is 17.5 Å². The number of nitrogens with one attached hydrogen (secondary N) is 1. The Hall–Kier alpha value is -1.12. The first-order valence-electron chi connectivity index (χ1n) is 8.21. The van der Waals surface area contributed by atoms with Gasteiger partial charge in [-0.3, -0.25) is 0 Å². The van der Waals surface area contributed by atoms with Crippen molar-refractivity contribution in [1.82, 2.24) is 5.32 Å². The maximum atomic E-state index is 3.83. The zero-order chi connectivity index (χ0) is 14.5. The lowest BCUT2D eigenvalue weighted by Crippen LogP contribution is -2.26. The van der Waals surface area contributed by atoms with E-state index in [1.54, 1.807) is 0 Å². The molecule has 1 N–H and O–H groups in total. The highest BCUT2D eigenvalue weighted by molar-refractivity contribution is 7.10. The summed E-state index contributed by atoms with van der Waals surface area (Å²) in [5.41, 5.74) is 2.82. The van der Waals surface area contributed by atoms with Crippen LogP contribution in [0.2, 0.25) is 0 Å². The first-order chi connectivity index (χ1) is 10.4. The zero-order valence-corrected chi connectivity index (χ0v) is 13.7. The molecule has 1 heterocycles. The van der Waals surface area contributed by atoms with Gasteiger partial charge in [-0.2, -0.15) is 0 Å². The van der Waals surface area contributed by atoms with Crippen molar-refractivity contribution in [2.24, 2.45) is 5.92 Å². The fourth-order valence-electron chi connectivity index (χ4n) is 3.38. The minimum atomic E-state index is 0.540. The molecular weight excluding hydrogens is 274 g/mol. The lowest BCUT2D eigenvalue weighted by molar-refractivity contribution is 0.371. The number of aryl methyl sites for hydroxylation is 1. The Kier molecular flexibility index (Phi) is 5.10. The largest absolute Gasteiger partial charge is 0.305 e. The van der Waals surface area contributed by atoms with Crippen molar-refractivity contribution in [3.05, 3.63) is 57.8 Å². The maximum absolute atomic E-state index is 3.83. The third-order valence-corrected chi connectivity index (χ3v) is 5.63. The van der Waals surface area contributed by atoms with Gasteiger partial charge in [0.05, 0.1) is 0 Å². The van der Waals surface area contributed by atoms with Crippen molar-refractivity contribution in [1.29, 1.82) is 0 Å². The van der Waals surface area contributed by atoms with Crippen LogP contribution in [0.4, 0.5) is 0 Å². The second-order valence-corrected chi connectivity index (χ2v) is 7.07. The Bertz CT molecular complexity index is 523. The van der Waals surface area contributed by atoms with E-state index in [1.165, 1.54) is 41.7 Å². The van der Waals surface area contributed by atoms with Crippen LogP contribution in [-0.4, -0.2) is 0 Å². The molecule has 2 heteroatoms. The van der Waals surface area contributed by atoms with Gasteiger partial charge in [-0.15, -0.1) is 11.3 Å². The minimum absolute atomic E-state index is 0.540. The molecule has 1 aromatic heterocycles. The summed E-state index contributed by atoms with van der Waals surface area (Å²) in [7, 11) is 0. The molecule has 0 bridgehead atoms. The van der Waals surface area contributed by atoms with E-state index in [1.807, 2.05) is 11.3 Å². The fraction of sp³-hybridized carbons (Fsp3) is 0.474. The van der Waals surface area contributed by atoms with E-state index in [-0.39, 0.29) is 0 Å². The van der Waals surface area contributed by atoms with Crippen molar-refractivity contribution in [2.75, 3.05) is 0 Å². The van der Waals surface area contributed by atoms with Crippen LogP contribution in [0, 0.1) is 5.92 Å². The third-order valence-electron chi connectivity index (χ3n) is 4.68. The quantitative estimate of drug-likeness (QED) is 0.760. The molecule has 3 rings (SSSR count). The van der Waals surface area contributed by atoms with E-state index < -0.39 is 0 Å². The monoisotopic (exact) mass is 299 g/mol. The number of rotatable bonds is 6. The molecular formula is C19H25NS. The molecule has 2 aromatic rings. The van der Waals surface area contributed by atoms with Crippen LogP contribution in [0.15, 0.2) is 41.8 Å². The Labute approximate surface area is 132 Å². The van der Waals surface area contributed by atoms with Crippen molar-refractivity contribution in [2.45, 2.75) is 51.6 Å². The lowest BCUT2D eigenvalue weighted by Gasteiger charge is -2.24. The molecule has 1 unspecified atom stereocenters. The van der Waals surface area contributed by atoms with Crippen LogP contribution >= 0.6 is 11.3 Å². The lowest BCUT2D eigenvalue weighted by atomic mass is 9.96. The van der Waals surface area contributed by atoms with Gasteiger partial charge >= 0.3 is 0 Å². The van der Waals surface area contributed by atoms with Crippen LogP contribution < -0.4 is 5.32 Å². The molecule has 0 amide bonds. The van der Waals surface area contributed by atoms with Gasteiger partial charge in [0.15, 0.2) is 0 Å². The maximum Gasteiger partial charge on any atom is 0.0446 e. The average molecular weight is 299 g/mol. The number of benzene rings is 1. The molecule has 1 atom stereocenters. The van der Waals surface area contributed by atoms with Gasteiger partial charge in [0.1, 0.15) is 0 Å². The van der Waals surface area contributed by atoms with Gasteiger partial charge < -0.3 is 5.32 Å². The molecule has 0 radical (unpaired) electrons. The zero-order valence-electron chi connectivity index (χ0n) is 12.8. The van der Waals surface area contributed by atoms with E-state index in [0.29, 0.717) is 6.04 Å². The van der Waals surface area contributed by atoms with Gasteiger partial charge in [-0.25, -0.2) is 0 Å². The highest BCUT2D eigenvalue weighted by Crippen LogP contribution is 2.37. The second-order valence-electron chi connectivity index (χ2n) is 6.09. The van der Waals surface area contributed by atoms with Crippen LogP contribution in [0.1, 0.15) is 54.7 Å². The normalized spacial score (nSPS) is 17.2. The fourth-order valence-corrected chi connectivity index (χ4v) is 4.27. The van der Waals surface area contributed by atoms with E-state index in [4.69, 9.17) is 0 Å². The number of thiophene rings is 1. The highest BCUT2D eigenvalue weighted by Gasteiger charge is 2.26. The Morgan fingerprint density at radius 3 is 2.43 bits per heavy atom. The highest BCUT2D eigenvalue weighted by atomic mass is 32.1. The minimum Gasteiger partial charge on any atom is -0.305 e. The van der Waals surface area contributed by atoms with Crippen LogP contribution in [0.3, 0.4) is 0 Å². The SMILES string of the molecule is CCc1ccc(CNC(c2cccs2)C2CCCC2)cc1. The molecule has 1 saturated carbocycles. The summed E-state index contributed by atoms with van der Waals surface area (Å²) in [6.07, 6.45) is 6.68. The molecule has 112 valence electrons. The standard InChI is InChI=1S/C19H25NS/c1-2-15-9-11-16(12-10-15)14-20-19(17-6-3-4-7-17)18-8-5-13-21-18/h5,8-13,17,19-20H,2-4,6-7,14H2,1H3. The summed E-state index contributed by atoms with van der Waals surface area (Å²) < 4.78 is 0. The van der Waals surface area contributed by atoms with Gasteiger partial charge in [-0.05, 0) is 47.8 Å². The van der Waals surface area contributed by atoms with Crippen LogP contribution in [-0.2, 0) is 13.0 Å². The smallest absolute Gasteiger partial charge is 0.0446 e. The number of hydrogen-bond acceptors (Lipinski definition) is 2. The molecule has 21 heavy (non-hydrogen) atoms. The summed E-state index contributed by atoms with van der Waals surface area (Å²) in [6.45, 7) is 3.18. The van der Waals surface area contributed by atoms with Crippen LogP contribution in [0.25, 0.3) is 0 Å². The first-order valence-corrected chi connectivity index (χ1v) is 9.09. The summed E-state index contributed by atoms with van der Waals surface area (Å²) in [5, 5.41) is 6.03. The van der Waals surface area contributed by atoms with Crippen molar-refractivity contribution in [3.63, 3.8) is 0 Å². The second kappa shape index (κ2) is 7.24. The average Bonchev–Trinajstić information content (AvgIpc) is 3.22. The summed E-state index contributed by atoms with van der Waals surface area (Å²) >= 11 is 1.90. The first kappa shape index (κ1) is 14.8. The summed E-state index contributed by atoms with van der Waals surface area (Å²) in [4.78, 5) is 1.51. The van der Waals surface area contributed by atoms with E-state index >= 15 is 0 Å². The van der Waals surface area contributed by atoms with Gasteiger partial charge in [0.25, 0.3) is 0 Å². The molecule has 1 aromatic carbocycles. The Morgan fingerprint density at radius 1 is 1.10 bits per heavy atom. The van der Waals surface area contributed by atoms with Crippen molar-refractivity contribution >= 4 is 11.3 Å². The third kappa shape index (κ3) is 3.75. The molecule has 0 spiro atoms. The molecule has 0 aliphatic heterocycles. The molecule has 1 aliphatic carbocycles. The molecule has 1 fully saturated rings. The van der Waals surface area contributed by atoms with Gasteiger partial charge in [0.2, 0.25) is 0 Å². The van der Waals surface area contributed by atoms with E-state index in [2.05, 4.69) is 54.0 Å². The van der Waals surface area contributed by atoms with E-state index in [0.717, 1.165) is 18.9 Å². The molecule has 1 nitrogen and oxygen atoms in total. The predicted octanol–water partition coefficient (Wildman–Crippen LogP) is 5.33. The van der Waals surface area contributed by atoms with Gasteiger partial charge in [-0.1, -0.05) is 50.1 Å². The van der Waals surface area contributed by atoms with Crippen molar-refractivity contribution < 1.29 is 0 Å².